The first-order chi connectivity index (χ1) is 17.3. The van der Waals surface area contributed by atoms with Crippen molar-refractivity contribution in [2.75, 3.05) is 49.5 Å². The molecule has 10 heteroatoms. The lowest BCUT2D eigenvalue weighted by Gasteiger charge is -2.37. The summed E-state index contributed by atoms with van der Waals surface area (Å²) in [5.41, 5.74) is 2.98. The number of pyridine rings is 1. The number of piperidine rings is 1. The number of urea groups is 1. The van der Waals surface area contributed by atoms with Crippen molar-refractivity contribution in [2.24, 2.45) is 5.16 Å². The van der Waals surface area contributed by atoms with Crippen LogP contribution in [-0.4, -0.2) is 77.3 Å². The number of hydrogen-bond donors (Lipinski definition) is 1. The van der Waals surface area contributed by atoms with E-state index in [0.717, 1.165) is 22.6 Å². The fourth-order valence-electron chi connectivity index (χ4n) is 5.08. The van der Waals surface area contributed by atoms with Gasteiger partial charge < -0.3 is 24.9 Å². The molecule has 3 aliphatic rings. The maximum Gasteiger partial charge on any atom is 0.321 e. The molecular formula is C26H31ClN6O3. The maximum absolute atomic E-state index is 13.1. The summed E-state index contributed by atoms with van der Waals surface area (Å²) in [5.74, 6) is 0.675. The number of amides is 3. The third kappa shape index (κ3) is 4.97. The van der Waals surface area contributed by atoms with Crippen LogP contribution in [-0.2, 0) is 9.63 Å². The van der Waals surface area contributed by atoms with Gasteiger partial charge in [0.05, 0.1) is 5.02 Å². The molecule has 9 nitrogen and oxygen atoms in total. The van der Waals surface area contributed by atoms with Crippen LogP contribution in [0.1, 0.15) is 30.4 Å². The molecule has 0 bridgehead atoms. The normalized spacial score (nSPS) is 19.2. The minimum atomic E-state index is -0.509. The van der Waals surface area contributed by atoms with Crippen LogP contribution in [0.15, 0.2) is 41.7 Å². The Bertz CT molecular complexity index is 1190. The second-order valence-corrected chi connectivity index (χ2v) is 10.2. The number of nitrogens with zero attached hydrogens (tertiary/aromatic N) is 5. The van der Waals surface area contributed by atoms with Crippen molar-refractivity contribution < 1.29 is 14.4 Å². The molecule has 0 radical (unpaired) electrons. The van der Waals surface area contributed by atoms with Gasteiger partial charge in [-0.25, -0.2) is 9.78 Å². The van der Waals surface area contributed by atoms with Crippen molar-refractivity contribution in [1.82, 2.24) is 14.8 Å². The van der Waals surface area contributed by atoms with Crippen molar-refractivity contribution in [1.29, 1.82) is 0 Å². The molecular weight excluding hydrogens is 480 g/mol. The van der Waals surface area contributed by atoms with Crippen LogP contribution < -0.4 is 10.2 Å². The highest BCUT2D eigenvalue weighted by atomic mass is 35.5. The average molecular weight is 511 g/mol. The molecule has 1 aromatic heterocycles. The highest BCUT2D eigenvalue weighted by Gasteiger charge is 2.45. The standard InChI is InChI=1S/C26H31ClN6O3/c1-18-5-6-21(19(2)16-18)29-25(35)33-10-7-26(8-11-33)17-22(30-36-26)24(34)32-14-12-31(13-15-32)23-20(27)4-3-9-28-23/h3-6,9,16H,7-8,10-15,17H2,1-2H3,(H,29,35). The number of nitrogens with one attached hydrogen (secondary N) is 1. The Morgan fingerprint density at radius 1 is 1.03 bits per heavy atom. The van der Waals surface area contributed by atoms with Crippen molar-refractivity contribution in [3.63, 3.8) is 0 Å². The zero-order valence-electron chi connectivity index (χ0n) is 20.7. The van der Waals surface area contributed by atoms with Gasteiger partial charge >= 0.3 is 6.03 Å². The third-order valence-electron chi connectivity index (χ3n) is 7.28. The summed E-state index contributed by atoms with van der Waals surface area (Å²) >= 11 is 6.28. The fraction of sp³-hybridized carbons (Fsp3) is 0.462. The van der Waals surface area contributed by atoms with Gasteiger partial charge in [0.15, 0.2) is 0 Å². The first-order valence-corrected chi connectivity index (χ1v) is 12.7. The van der Waals surface area contributed by atoms with E-state index in [2.05, 4.69) is 26.4 Å². The van der Waals surface area contributed by atoms with Gasteiger partial charge in [-0.05, 0) is 37.6 Å². The Hall–Kier alpha value is -3.33. The summed E-state index contributed by atoms with van der Waals surface area (Å²) in [6.07, 6.45) is 3.48. The van der Waals surface area contributed by atoms with Crippen LogP contribution in [0.25, 0.3) is 0 Å². The van der Waals surface area contributed by atoms with E-state index in [1.165, 1.54) is 0 Å². The van der Waals surface area contributed by atoms with Crippen LogP contribution in [0.4, 0.5) is 16.3 Å². The fourth-order valence-corrected chi connectivity index (χ4v) is 5.32. The van der Waals surface area contributed by atoms with Gasteiger partial charge in [-0.3, -0.25) is 4.79 Å². The number of piperazine rings is 1. The first kappa shape index (κ1) is 24.4. The van der Waals surface area contributed by atoms with Crippen LogP contribution in [0.2, 0.25) is 5.02 Å². The number of halogens is 1. The van der Waals surface area contributed by atoms with E-state index < -0.39 is 5.60 Å². The number of oxime groups is 1. The largest absolute Gasteiger partial charge is 0.388 e. The predicted octanol–water partition coefficient (Wildman–Crippen LogP) is 3.84. The molecule has 190 valence electrons. The number of carbonyl (C=O) groups excluding carboxylic acids is 2. The Morgan fingerprint density at radius 2 is 1.78 bits per heavy atom. The molecule has 0 unspecified atom stereocenters. The summed E-state index contributed by atoms with van der Waals surface area (Å²) in [5, 5.41) is 7.82. The number of likely N-dealkylation sites (tertiary alicyclic amines) is 1. The number of benzene rings is 1. The smallest absolute Gasteiger partial charge is 0.321 e. The number of anilines is 2. The molecule has 2 fully saturated rings. The summed E-state index contributed by atoms with van der Waals surface area (Å²) < 4.78 is 0. The van der Waals surface area contributed by atoms with Crippen LogP contribution in [0.5, 0.6) is 0 Å². The lowest BCUT2D eigenvalue weighted by atomic mass is 9.86. The van der Waals surface area contributed by atoms with Crippen molar-refractivity contribution >= 4 is 40.8 Å². The molecule has 0 atom stereocenters. The summed E-state index contributed by atoms with van der Waals surface area (Å²) in [7, 11) is 0. The Kier molecular flexibility index (Phi) is 6.75. The number of hydrogen-bond acceptors (Lipinski definition) is 6. The van der Waals surface area contributed by atoms with Crippen molar-refractivity contribution in [3.8, 4) is 0 Å². The van der Waals surface area contributed by atoms with Crippen LogP contribution in [0.3, 0.4) is 0 Å². The predicted molar refractivity (Wildman–Crippen MR) is 140 cm³/mol. The Labute approximate surface area is 216 Å². The van der Waals surface area contributed by atoms with Gasteiger partial charge in [0, 0.05) is 70.4 Å². The second kappa shape index (κ2) is 9.97. The minimum Gasteiger partial charge on any atom is -0.388 e. The number of carbonyl (C=O) groups is 2. The molecule has 1 spiro atoms. The summed E-state index contributed by atoms with van der Waals surface area (Å²) in [6.45, 7) is 7.59. The molecule has 2 aromatic rings. The molecule has 1 aromatic carbocycles. The average Bonchev–Trinajstić information content (AvgIpc) is 3.29. The monoisotopic (exact) mass is 510 g/mol. The SMILES string of the molecule is Cc1ccc(NC(=O)N2CCC3(CC2)CC(C(=O)N2CCN(c4ncccc4Cl)CC2)=NO3)c(C)c1. The molecule has 1 N–H and O–H groups in total. The first-order valence-electron chi connectivity index (χ1n) is 12.4. The molecule has 0 saturated carbocycles. The van der Waals surface area contributed by atoms with E-state index in [1.807, 2.05) is 43.0 Å². The Balaban J connectivity index is 1.11. The maximum atomic E-state index is 13.1. The van der Waals surface area contributed by atoms with Crippen molar-refractivity contribution in [2.45, 2.75) is 38.7 Å². The topological polar surface area (TPSA) is 90.4 Å². The number of aromatic nitrogens is 1. The summed E-state index contributed by atoms with van der Waals surface area (Å²) in [6, 6.07) is 9.49. The zero-order valence-corrected chi connectivity index (χ0v) is 21.4. The van der Waals surface area contributed by atoms with Gasteiger partial charge in [-0.2, -0.15) is 0 Å². The quantitative estimate of drug-likeness (QED) is 0.677. The van der Waals surface area contributed by atoms with E-state index >= 15 is 0 Å². The molecule has 5 rings (SSSR count). The van der Waals surface area contributed by atoms with Gasteiger partial charge in [0.2, 0.25) is 0 Å². The molecule has 3 aliphatic heterocycles. The van der Waals surface area contributed by atoms with Gasteiger partial charge in [-0.1, -0.05) is 34.5 Å². The molecule has 2 saturated heterocycles. The van der Waals surface area contributed by atoms with Crippen molar-refractivity contribution in [3.05, 3.63) is 52.7 Å². The summed E-state index contributed by atoms with van der Waals surface area (Å²) in [4.78, 5) is 41.9. The van der Waals surface area contributed by atoms with Crippen LogP contribution in [0, 0.1) is 13.8 Å². The molecule has 0 aliphatic carbocycles. The van der Waals surface area contributed by atoms with E-state index in [9.17, 15) is 9.59 Å². The van der Waals surface area contributed by atoms with E-state index in [0.29, 0.717) is 69.3 Å². The third-order valence-corrected chi connectivity index (χ3v) is 7.57. The molecule has 4 heterocycles. The van der Waals surface area contributed by atoms with E-state index in [-0.39, 0.29) is 11.9 Å². The second-order valence-electron chi connectivity index (χ2n) is 9.81. The lowest BCUT2D eigenvalue weighted by Crippen LogP contribution is -2.52. The van der Waals surface area contributed by atoms with Crippen LogP contribution >= 0.6 is 11.6 Å². The highest BCUT2D eigenvalue weighted by molar-refractivity contribution is 6.39. The Morgan fingerprint density at radius 3 is 2.47 bits per heavy atom. The number of aryl methyl sites for hydroxylation is 2. The van der Waals surface area contributed by atoms with E-state index in [4.69, 9.17) is 16.4 Å². The number of rotatable bonds is 3. The zero-order chi connectivity index (χ0) is 25.3. The van der Waals surface area contributed by atoms with Gasteiger partial charge in [0.1, 0.15) is 17.1 Å². The lowest BCUT2D eigenvalue weighted by molar-refractivity contribution is -0.124. The molecule has 36 heavy (non-hydrogen) atoms. The van der Waals surface area contributed by atoms with Gasteiger partial charge in [0.25, 0.3) is 5.91 Å². The highest BCUT2D eigenvalue weighted by Crippen LogP contribution is 2.35. The van der Waals surface area contributed by atoms with Gasteiger partial charge in [-0.15, -0.1) is 0 Å². The minimum absolute atomic E-state index is 0.0753. The molecule has 3 amide bonds. The van der Waals surface area contributed by atoms with E-state index in [1.54, 1.807) is 11.1 Å².